The molecular formula is C18H28N2O3S2. The molecule has 0 atom stereocenters. The summed E-state index contributed by atoms with van der Waals surface area (Å²) in [5.74, 6) is -0.291. The Hall–Kier alpha value is -1.05. The van der Waals surface area contributed by atoms with Crippen LogP contribution in [0.15, 0.2) is 28.0 Å². The Balaban J connectivity index is 2.23. The minimum Gasteiger partial charge on any atom is -0.325 e. The van der Waals surface area contributed by atoms with E-state index in [-0.39, 0.29) is 22.8 Å². The van der Waals surface area contributed by atoms with Gasteiger partial charge in [-0.3, -0.25) is 4.79 Å². The molecule has 0 bridgehead atoms. The van der Waals surface area contributed by atoms with Crippen molar-refractivity contribution in [1.82, 2.24) is 4.72 Å². The predicted octanol–water partition coefficient (Wildman–Crippen LogP) is 4.00. The van der Waals surface area contributed by atoms with E-state index in [1.54, 1.807) is 18.2 Å². The van der Waals surface area contributed by atoms with Crippen molar-refractivity contribution < 1.29 is 13.2 Å². The normalized spacial score (nSPS) is 16.6. The highest BCUT2D eigenvalue weighted by Gasteiger charge is 2.22. The summed E-state index contributed by atoms with van der Waals surface area (Å²) < 4.78 is 28.4. The van der Waals surface area contributed by atoms with E-state index in [9.17, 15) is 13.2 Å². The van der Waals surface area contributed by atoms with Crippen LogP contribution in [0.3, 0.4) is 0 Å². The standard InChI is InChI=1S/C18H28N2O3S2/c1-13(2)18(21)19-16-12-15(10-11-17(16)24-3)25(22,23)20-14-8-6-4-5-7-9-14/h10-14,20H,4-9H2,1-3H3,(H,19,21). The van der Waals surface area contributed by atoms with Crippen molar-refractivity contribution in [3.8, 4) is 0 Å². The van der Waals surface area contributed by atoms with Gasteiger partial charge < -0.3 is 5.32 Å². The fourth-order valence-electron chi connectivity index (χ4n) is 2.91. The molecule has 0 unspecified atom stereocenters. The summed E-state index contributed by atoms with van der Waals surface area (Å²) in [6.45, 7) is 3.62. The number of carbonyl (C=O) groups excluding carboxylic acids is 1. The number of amides is 1. The largest absolute Gasteiger partial charge is 0.325 e. The molecule has 0 radical (unpaired) electrons. The lowest BCUT2D eigenvalue weighted by atomic mass is 10.1. The van der Waals surface area contributed by atoms with E-state index in [1.165, 1.54) is 24.6 Å². The minimum absolute atomic E-state index is 0.00133. The third-order valence-electron chi connectivity index (χ3n) is 4.44. The number of nitrogens with one attached hydrogen (secondary N) is 2. The second-order valence-electron chi connectivity index (χ2n) is 6.82. The van der Waals surface area contributed by atoms with Crippen LogP contribution in [0.5, 0.6) is 0 Å². The first kappa shape index (κ1) is 20.3. The lowest BCUT2D eigenvalue weighted by Gasteiger charge is -2.18. The summed E-state index contributed by atoms with van der Waals surface area (Å²) >= 11 is 1.48. The van der Waals surface area contributed by atoms with Gasteiger partial charge in [-0.25, -0.2) is 13.1 Å². The van der Waals surface area contributed by atoms with Gasteiger partial charge in [-0.2, -0.15) is 0 Å². The summed E-state index contributed by atoms with van der Waals surface area (Å²) in [7, 11) is -3.59. The maximum Gasteiger partial charge on any atom is 0.240 e. The number of hydrogen-bond acceptors (Lipinski definition) is 4. The number of benzene rings is 1. The second kappa shape index (κ2) is 9.05. The minimum atomic E-state index is -3.59. The van der Waals surface area contributed by atoms with Crippen molar-refractivity contribution in [3.05, 3.63) is 18.2 Å². The molecule has 0 spiro atoms. The molecule has 2 rings (SSSR count). The Kier molecular flexibility index (Phi) is 7.34. The molecule has 1 aromatic rings. The van der Waals surface area contributed by atoms with Crippen LogP contribution in [0.1, 0.15) is 52.4 Å². The highest BCUT2D eigenvalue weighted by molar-refractivity contribution is 7.98. The zero-order valence-corrected chi connectivity index (χ0v) is 16.8. The van der Waals surface area contributed by atoms with Gasteiger partial charge in [0.2, 0.25) is 15.9 Å². The van der Waals surface area contributed by atoms with Crippen molar-refractivity contribution in [3.63, 3.8) is 0 Å². The molecule has 0 aromatic heterocycles. The maximum absolute atomic E-state index is 12.8. The molecule has 1 amide bonds. The van der Waals surface area contributed by atoms with Crippen LogP contribution in [-0.4, -0.2) is 26.6 Å². The van der Waals surface area contributed by atoms with Crippen LogP contribution in [0.4, 0.5) is 5.69 Å². The molecule has 1 aliphatic carbocycles. The smallest absolute Gasteiger partial charge is 0.240 e. The van der Waals surface area contributed by atoms with Crippen molar-refractivity contribution >= 4 is 33.4 Å². The number of thioether (sulfide) groups is 1. The van der Waals surface area contributed by atoms with Gasteiger partial charge in [-0.15, -0.1) is 11.8 Å². The predicted molar refractivity (Wildman–Crippen MR) is 104 cm³/mol. The quantitative estimate of drug-likeness (QED) is 0.574. The van der Waals surface area contributed by atoms with E-state index in [4.69, 9.17) is 0 Å². The molecule has 1 aliphatic rings. The molecule has 1 saturated carbocycles. The van der Waals surface area contributed by atoms with E-state index >= 15 is 0 Å². The highest BCUT2D eigenvalue weighted by Crippen LogP contribution is 2.29. The average Bonchev–Trinajstić information content (AvgIpc) is 2.82. The number of hydrogen-bond donors (Lipinski definition) is 2. The van der Waals surface area contributed by atoms with Crippen LogP contribution in [0.2, 0.25) is 0 Å². The number of anilines is 1. The van der Waals surface area contributed by atoms with Gasteiger partial charge in [0.1, 0.15) is 0 Å². The molecule has 25 heavy (non-hydrogen) atoms. The van der Waals surface area contributed by atoms with Crippen LogP contribution in [-0.2, 0) is 14.8 Å². The molecule has 1 fully saturated rings. The van der Waals surface area contributed by atoms with Crippen LogP contribution in [0.25, 0.3) is 0 Å². The first-order valence-electron chi connectivity index (χ1n) is 8.84. The molecule has 0 saturated heterocycles. The first-order valence-corrected chi connectivity index (χ1v) is 11.6. The van der Waals surface area contributed by atoms with Gasteiger partial charge in [-0.1, -0.05) is 39.5 Å². The fourth-order valence-corrected chi connectivity index (χ4v) is 4.78. The Morgan fingerprint density at radius 3 is 2.36 bits per heavy atom. The lowest BCUT2D eigenvalue weighted by molar-refractivity contribution is -0.118. The van der Waals surface area contributed by atoms with Gasteiger partial charge in [-0.05, 0) is 37.3 Å². The van der Waals surface area contributed by atoms with Gasteiger partial charge in [0.05, 0.1) is 10.6 Å². The molecule has 0 heterocycles. The Morgan fingerprint density at radius 1 is 1.16 bits per heavy atom. The molecule has 2 N–H and O–H groups in total. The topological polar surface area (TPSA) is 75.3 Å². The van der Waals surface area contributed by atoms with E-state index in [1.807, 2.05) is 20.1 Å². The summed E-state index contributed by atoms with van der Waals surface area (Å²) in [5, 5.41) is 2.84. The van der Waals surface area contributed by atoms with Crippen molar-refractivity contribution in [1.29, 1.82) is 0 Å². The molecule has 0 aliphatic heterocycles. The zero-order valence-electron chi connectivity index (χ0n) is 15.2. The van der Waals surface area contributed by atoms with Gasteiger partial charge in [0.15, 0.2) is 0 Å². The molecule has 7 heteroatoms. The van der Waals surface area contributed by atoms with Crippen molar-refractivity contribution in [2.75, 3.05) is 11.6 Å². The van der Waals surface area contributed by atoms with Gasteiger partial charge in [0.25, 0.3) is 0 Å². The first-order chi connectivity index (χ1) is 11.8. The zero-order chi connectivity index (χ0) is 18.4. The summed E-state index contributed by atoms with van der Waals surface area (Å²) in [5.41, 5.74) is 0.551. The average molecular weight is 385 g/mol. The van der Waals surface area contributed by atoms with E-state index < -0.39 is 10.0 Å². The molecular weight excluding hydrogens is 356 g/mol. The third-order valence-corrected chi connectivity index (χ3v) is 6.75. The molecule has 140 valence electrons. The van der Waals surface area contributed by atoms with Crippen molar-refractivity contribution in [2.24, 2.45) is 5.92 Å². The Labute approximate surface area is 155 Å². The Morgan fingerprint density at radius 2 is 1.80 bits per heavy atom. The van der Waals surface area contributed by atoms with E-state index in [0.717, 1.165) is 30.6 Å². The van der Waals surface area contributed by atoms with Crippen LogP contribution in [0, 0.1) is 5.92 Å². The van der Waals surface area contributed by atoms with E-state index in [2.05, 4.69) is 10.0 Å². The molecule has 1 aromatic carbocycles. The van der Waals surface area contributed by atoms with E-state index in [0.29, 0.717) is 5.69 Å². The van der Waals surface area contributed by atoms with Crippen molar-refractivity contribution in [2.45, 2.75) is 68.2 Å². The fraction of sp³-hybridized carbons (Fsp3) is 0.611. The monoisotopic (exact) mass is 384 g/mol. The number of carbonyl (C=O) groups is 1. The van der Waals surface area contributed by atoms with Gasteiger partial charge >= 0.3 is 0 Å². The maximum atomic E-state index is 12.8. The van der Waals surface area contributed by atoms with Crippen LogP contribution >= 0.6 is 11.8 Å². The van der Waals surface area contributed by atoms with Gasteiger partial charge in [0, 0.05) is 16.9 Å². The number of rotatable bonds is 6. The summed E-state index contributed by atoms with van der Waals surface area (Å²) in [6.07, 6.45) is 8.15. The molecule has 5 nitrogen and oxygen atoms in total. The summed E-state index contributed by atoms with van der Waals surface area (Å²) in [4.78, 5) is 13.1. The Bertz CT molecular complexity index is 694. The summed E-state index contributed by atoms with van der Waals surface area (Å²) in [6, 6.07) is 4.92. The number of sulfonamides is 1. The van der Waals surface area contributed by atoms with Crippen LogP contribution < -0.4 is 10.0 Å². The SMILES string of the molecule is CSc1ccc(S(=O)(=O)NC2CCCCCC2)cc1NC(=O)C(C)C. The third kappa shape index (κ3) is 5.72. The second-order valence-corrected chi connectivity index (χ2v) is 9.38. The lowest BCUT2D eigenvalue weighted by Crippen LogP contribution is -2.34. The highest BCUT2D eigenvalue weighted by atomic mass is 32.2.